The molecular formula is C11H8N4S. The minimum absolute atomic E-state index is 0.423. The fraction of sp³-hybridized carbons (Fsp3) is 0.182. The molecule has 4 nitrogen and oxygen atoms in total. The third-order valence-corrected chi connectivity index (χ3v) is 2.76. The van der Waals surface area contributed by atoms with Crippen LogP contribution in [0.1, 0.15) is 12.0 Å². The summed E-state index contributed by atoms with van der Waals surface area (Å²) in [6, 6.07) is 5.93. The van der Waals surface area contributed by atoms with Crippen LogP contribution < -0.4 is 0 Å². The Morgan fingerprint density at radius 3 is 3.31 bits per heavy atom. The monoisotopic (exact) mass is 228 g/mol. The van der Waals surface area contributed by atoms with E-state index >= 15 is 0 Å². The molecule has 0 fully saturated rings. The van der Waals surface area contributed by atoms with Crippen LogP contribution in [-0.4, -0.2) is 11.5 Å². The minimum Gasteiger partial charge on any atom is -0.245 e. The van der Waals surface area contributed by atoms with E-state index in [0.29, 0.717) is 13.0 Å². The number of thiazole rings is 1. The molecule has 1 aromatic carbocycles. The van der Waals surface area contributed by atoms with Gasteiger partial charge in [0.2, 0.25) is 0 Å². The molecule has 0 saturated carbocycles. The van der Waals surface area contributed by atoms with Gasteiger partial charge in [-0.25, -0.2) is 4.98 Å². The van der Waals surface area contributed by atoms with E-state index in [1.807, 2.05) is 23.7 Å². The summed E-state index contributed by atoms with van der Waals surface area (Å²) in [7, 11) is 0. The van der Waals surface area contributed by atoms with E-state index in [1.165, 1.54) is 0 Å². The van der Waals surface area contributed by atoms with E-state index in [2.05, 4.69) is 26.9 Å². The lowest BCUT2D eigenvalue weighted by molar-refractivity contribution is 1.01. The van der Waals surface area contributed by atoms with Crippen LogP contribution in [-0.2, 0) is 0 Å². The van der Waals surface area contributed by atoms with E-state index in [4.69, 9.17) is 5.53 Å². The lowest BCUT2D eigenvalue weighted by atomic mass is 10.2. The first-order valence-corrected chi connectivity index (χ1v) is 5.61. The second-order valence-electron chi connectivity index (χ2n) is 3.04. The molecule has 2 aromatic rings. The second kappa shape index (κ2) is 5.17. The van der Waals surface area contributed by atoms with Crippen LogP contribution >= 0.6 is 11.3 Å². The molecule has 0 atom stereocenters. The molecule has 0 amide bonds. The summed E-state index contributed by atoms with van der Waals surface area (Å²) in [4.78, 5) is 6.86. The molecule has 0 unspecified atom stereocenters. The molecule has 0 aliphatic heterocycles. The second-order valence-corrected chi connectivity index (χ2v) is 3.93. The largest absolute Gasteiger partial charge is 0.245 e. The maximum absolute atomic E-state index is 8.08. The Labute approximate surface area is 96.6 Å². The third kappa shape index (κ3) is 2.51. The van der Waals surface area contributed by atoms with Gasteiger partial charge in [-0.2, -0.15) is 0 Å². The van der Waals surface area contributed by atoms with Crippen LogP contribution in [0, 0.1) is 11.8 Å². The minimum atomic E-state index is 0.423. The van der Waals surface area contributed by atoms with Gasteiger partial charge in [0.15, 0.2) is 0 Å². The topological polar surface area (TPSA) is 61.7 Å². The predicted molar refractivity (Wildman–Crippen MR) is 65.1 cm³/mol. The zero-order valence-corrected chi connectivity index (χ0v) is 9.24. The van der Waals surface area contributed by atoms with Crippen molar-refractivity contribution in [3.63, 3.8) is 0 Å². The average Bonchev–Trinajstić information content (AvgIpc) is 2.76. The average molecular weight is 228 g/mol. The van der Waals surface area contributed by atoms with Gasteiger partial charge in [-0.1, -0.05) is 17.0 Å². The predicted octanol–water partition coefficient (Wildman–Crippen LogP) is 3.35. The van der Waals surface area contributed by atoms with Gasteiger partial charge in [-0.3, -0.25) is 0 Å². The van der Waals surface area contributed by atoms with Gasteiger partial charge >= 0.3 is 0 Å². The number of hydrogen-bond acceptors (Lipinski definition) is 3. The van der Waals surface area contributed by atoms with E-state index in [-0.39, 0.29) is 0 Å². The van der Waals surface area contributed by atoms with E-state index < -0.39 is 0 Å². The Balaban J connectivity index is 2.11. The van der Waals surface area contributed by atoms with Crippen molar-refractivity contribution in [1.29, 1.82) is 0 Å². The van der Waals surface area contributed by atoms with Gasteiger partial charge in [-0.15, -0.1) is 11.3 Å². The fourth-order valence-electron chi connectivity index (χ4n) is 1.25. The lowest BCUT2D eigenvalue weighted by Gasteiger charge is -1.89. The van der Waals surface area contributed by atoms with Crippen LogP contribution in [0.3, 0.4) is 0 Å². The van der Waals surface area contributed by atoms with Gasteiger partial charge in [0.05, 0.1) is 15.7 Å². The quantitative estimate of drug-likeness (QED) is 0.255. The molecule has 0 bridgehead atoms. The number of fused-ring (bicyclic) bond motifs is 1. The summed E-state index contributed by atoms with van der Waals surface area (Å²) in [5.41, 5.74) is 11.9. The highest BCUT2D eigenvalue weighted by Crippen LogP contribution is 2.18. The highest BCUT2D eigenvalue weighted by Gasteiger charge is 1.95. The Kier molecular flexibility index (Phi) is 3.39. The Hall–Kier alpha value is -2.02. The molecule has 0 radical (unpaired) electrons. The van der Waals surface area contributed by atoms with Gasteiger partial charge in [0.1, 0.15) is 0 Å². The highest BCUT2D eigenvalue weighted by molar-refractivity contribution is 7.16. The molecule has 0 aliphatic rings. The molecule has 78 valence electrons. The maximum atomic E-state index is 8.08. The molecule has 1 aromatic heterocycles. The number of hydrogen-bond donors (Lipinski definition) is 0. The van der Waals surface area contributed by atoms with Crippen LogP contribution in [0.5, 0.6) is 0 Å². The zero-order valence-electron chi connectivity index (χ0n) is 8.42. The summed E-state index contributed by atoms with van der Waals surface area (Å²) in [6.45, 7) is 0.423. The standard InChI is InChI=1S/C11H8N4S/c12-15-14-6-2-1-3-9-4-5-10-11(7-9)16-8-13-10/h4-5,7-8H,2,6H2. The van der Waals surface area contributed by atoms with Crippen molar-refractivity contribution in [3.8, 4) is 11.8 Å². The lowest BCUT2D eigenvalue weighted by Crippen LogP contribution is -1.76. The Morgan fingerprint density at radius 2 is 2.44 bits per heavy atom. The van der Waals surface area contributed by atoms with Crippen LogP contribution in [0.15, 0.2) is 28.8 Å². The summed E-state index contributed by atoms with van der Waals surface area (Å²) in [6.07, 6.45) is 0.588. The Morgan fingerprint density at radius 1 is 1.50 bits per heavy atom. The van der Waals surface area contributed by atoms with E-state index in [9.17, 15) is 0 Å². The molecule has 16 heavy (non-hydrogen) atoms. The molecule has 1 heterocycles. The number of nitrogens with zero attached hydrogens (tertiary/aromatic N) is 4. The number of azide groups is 1. The van der Waals surface area contributed by atoms with E-state index in [1.54, 1.807) is 11.3 Å². The normalized spacial score (nSPS) is 9.25. The van der Waals surface area contributed by atoms with Crippen molar-refractivity contribution in [3.05, 3.63) is 39.7 Å². The van der Waals surface area contributed by atoms with Crippen molar-refractivity contribution in [2.75, 3.05) is 6.54 Å². The van der Waals surface area contributed by atoms with Crippen LogP contribution in [0.4, 0.5) is 0 Å². The zero-order chi connectivity index (χ0) is 11.2. The smallest absolute Gasteiger partial charge is 0.0812 e. The van der Waals surface area contributed by atoms with Gasteiger partial charge in [-0.05, 0) is 23.7 Å². The fourth-order valence-corrected chi connectivity index (χ4v) is 1.96. The van der Waals surface area contributed by atoms with Crippen LogP contribution in [0.2, 0.25) is 0 Å². The molecule has 2 rings (SSSR count). The summed E-state index contributed by atoms with van der Waals surface area (Å²) < 4.78 is 1.14. The Bertz CT molecular complexity index is 599. The van der Waals surface area contributed by atoms with Crippen molar-refractivity contribution in [2.24, 2.45) is 5.11 Å². The number of benzene rings is 1. The van der Waals surface area contributed by atoms with Crippen molar-refractivity contribution < 1.29 is 0 Å². The van der Waals surface area contributed by atoms with E-state index in [0.717, 1.165) is 15.8 Å². The van der Waals surface area contributed by atoms with Gasteiger partial charge < -0.3 is 0 Å². The number of aromatic nitrogens is 1. The first kappa shape index (κ1) is 10.5. The van der Waals surface area contributed by atoms with Crippen molar-refractivity contribution in [2.45, 2.75) is 6.42 Å². The highest BCUT2D eigenvalue weighted by atomic mass is 32.1. The molecule has 5 heteroatoms. The molecular weight excluding hydrogens is 220 g/mol. The molecule has 0 saturated heterocycles. The first-order chi connectivity index (χ1) is 7.90. The summed E-state index contributed by atoms with van der Waals surface area (Å²) in [5, 5.41) is 3.41. The summed E-state index contributed by atoms with van der Waals surface area (Å²) >= 11 is 1.60. The van der Waals surface area contributed by atoms with Crippen molar-refractivity contribution in [1.82, 2.24) is 4.98 Å². The first-order valence-electron chi connectivity index (χ1n) is 4.73. The molecule has 0 spiro atoms. The third-order valence-electron chi connectivity index (χ3n) is 1.96. The van der Waals surface area contributed by atoms with Gasteiger partial charge in [0, 0.05) is 23.4 Å². The molecule has 0 aliphatic carbocycles. The SMILES string of the molecule is [N-]=[N+]=NCCC#Cc1ccc2ncsc2c1. The molecule has 0 N–H and O–H groups in total. The number of rotatable bonds is 2. The maximum Gasteiger partial charge on any atom is 0.0812 e. The summed E-state index contributed by atoms with van der Waals surface area (Å²) in [5.74, 6) is 5.99. The van der Waals surface area contributed by atoms with Crippen LogP contribution in [0.25, 0.3) is 20.7 Å². The van der Waals surface area contributed by atoms with Gasteiger partial charge in [0.25, 0.3) is 0 Å². The van der Waals surface area contributed by atoms with Crippen molar-refractivity contribution >= 4 is 21.6 Å².